The Balaban J connectivity index is 1.57. The minimum absolute atomic E-state index is 0.0446. The lowest BCUT2D eigenvalue weighted by Gasteiger charge is -2.34. The first-order chi connectivity index (χ1) is 11.2. The number of nitrogens with zero attached hydrogens (tertiary/aromatic N) is 1. The van der Waals surface area contributed by atoms with Crippen LogP contribution in [0.5, 0.6) is 0 Å². The van der Waals surface area contributed by atoms with E-state index in [1.54, 1.807) is 42.2 Å². The lowest BCUT2D eigenvalue weighted by atomic mass is 10.0. The zero-order valence-electron chi connectivity index (χ0n) is 13.3. The van der Waals surface area contributed by atoms with Crippen LogP contribution >= 0.6 is 23.2 Å². The Morgan fingerprint density at radius 1 is 1.21 bits per heavy atom. The van der Waals surface area contributed by atoms with Gasteiger partial charge in [-0.1, -0.05) is 18.2 Å². The molecule has 1 saturated carbocycles. The van der Waals surface area contributed by atoms with Crippen LogP contribution in [-0.4, -0.2) is 42.7 Å². The van der Waals surface area contributed by atoms with Crippen molar-refractivity contribution in [2.75, 3.05) is 13.1 Å². The Bertz CT molecular complexity index is 731. The van der Waals surface area contributed by atoms with Crippen molar-refractivity contribution in [2.45, 2.75) is 41.5 Å². The summed E-state index contributed by atoms with van der Waals surface area (Å²) in [5.74, 6) is -0.0446. The molecule has 2 fully saturated rings. The zero-order chi connectivity index (χ0) is 17.6. The van der Waals surface area contributed by atoms with Gasteiger partial charge in [-0.25, -0.2) is 13.1 Å². The fraction of sp³-hybridized carbons (Fsp3) is 0.562. The highest BCUT2D eigenvalue weighted by atomic mass is 35.5. The second kappa shape index (κ2) is 6.16. The normalized spacial score (nSPS) is 27.0. The van der Waals surface area contributed by atoms with Crippen LogP contribution in [0.4, 0.5) is 0 Å². The number of carbonyl (C=O) groups is 1. The molecule has 1 aliphatic carbocycles. The zero-order valence-corrected chi connectivity index (χ0v) is 15.7. The predicted molar refractivity (Wildman–Crippen MR) is 93.5 cm³/mol. The van der Waals surface area contributed by atoms with Crippen LogP contribution in [0.2, 0.25) is 0 Å². The molecule has 8 heteroatoms. The van der Waals surface area contributed by atoms with E-state index in [4.69, 9.17) is 23.2 Å². The Morgan fingerprint density at radius 3 is 2.25 bits per heavy atom. The van der Waals surface area contributed by atoms with Crippen molar-refractivity contribution in [3.63, 3.8) is 0 Å². The SMILES string of the molecule is CC1(C(=O)N2CCC(NS(=O)(=O)c3ccccc3)CC2)CC1(Cl)Cl. The van der Waals surface area contributed by atoms with E-state index in [1.165, 1.54) is 0 Å². The maximum absolute atomic E-state index is 12.5. The van der Waals surface area contributed by atoms with E-state index in [1.807, 2.05) is 0 Å². The molecule has 0 aromatic heterocycles. The van der Waals surface area contributed by atoms with E-state index in [0.29, 0.717) is 32.4 Å². The second-order valence-corrected chi connectivity index (χ2v) is 9.91. The van der Waals surface area contributed by atoms with Crippen molar-refractivity contribution in [3.8, 4) is 0 Å². The smallest absolute Gasteiger partial charge is 0.240 e. The summed E-state index contributed by atoms with van der Waals surface area (Å²) in [7, 11) is -3.53. The molecule has 24 heavy (non-hydrogen) atoms. The van der Waals surface area contributed by atoms with Gasteiger partial charge in [-0.05, 0) is 38.3 Å². The molecule has 1 saturated heterocycles. The number of nitrogens with one attached hydrogen (secondary N) is 1. The minimum Gasteiger partial charge on any atom is -0.342 e. The van der Waals surface area contributed by atoms with Crippen molar-refractivity contribution < 1.29 is 13.2 Å². The predicted octanol–water partition coefficient (Wildman–Crippen LogP) is 2.54. The third kappa shape index (κ3) is 3.29. The first-order valence-electron chi connectivity index (χ1n) is 7.90. The highest BCUT2D eigenvalue weighted by molar-refractivity contribution is 7.89. The quantitative estimate of drug-likeness (QED) is 0.803. The van der Waals surface area contributed by atoms with Gasteiger partial charge in [0.15, 0.2) is 0 Å². The molecular weight excluding hydrogens is 371 g/mol. The number of benzene rings is 1. The van der Waals surface area contributed by atoms with Crippen molar-refractivity contribution in [3.05, 3.63) is 30.3 Å². The number of alkyl halides is 2. The monoisotopic (exact) mass is 390 g/mol. The van der Waals surface area contributed by atoms with Crippen LogP contribution in [0.3, 0.4) is 0 Å². The van der Waals surface area contributed by atoms with Crippen LogP contribution in [0, 0.1) is 5.41 Å². The van der Waals surface area contributed by atoms with Gasteiger partial charge in [0.25, 0.3) is 0 Å². The van der Waals surface area contributed by atoms with E-state index in [-0.39, 0.29) is 16.8 Å². The largest absolute Gasteiger partial charge is 0.342 e. The molecule has 1 unspecified atom stereocenters. The molecular formula is C16H20Cl2N2O3S. The van der Waals surface area contributed by atoms with Gasteiger partial charge in [0.2, 0.25) is 15.9 Å². The van der Waals surface area contributed by atoms with Crippen molar-refractivity contribution in [1.82, 2.24) is 9.62 Å². The molecule has 1 aliphatic heterocycles. The highest BCUT2D eigenvalue weighted by Gasteiger charge is 2.68. The molecule has 1 N–H and O–H groups in total. The fourth-order valence-electron chi connectivity index (χ4n) is 3.07. The van der Waals surface area contributed by atoms with Gasteiger partial charge < -0.3 is 4.90 Å². The number of carbonyl (C=O) groups excluding carboxylic acids is 1. The lowest BCUT2D eigenvalue weighted by Crippen LogP contribution is -2.48. The molecule has 1 aromatic rings. The molecule has 1 atom stereocenters. The maximum Gasteiger partial charge on any atom is 0.240 e. The fourth-order valence-corrected chi connectivity index (χ4v) is 5.09. The number of rotatable bonds is 4. The number of piperidine rings is 1. The number of hydrogen-bond acceptors (Lipinski definition) is 3. The summed E-state index contributed by atoms with van der Waals surface area (Å²) >= 11 is 12.1. The second-order valence-electron chi connectivity index (χ2n) is 6.71. The molecule has 132 valence electrons. The summed E-state index contributed by atoms with van der Waals surface area (Å²) in [6.45, 7) is 2.78. The van der Waals surface area contributed by atoms with Gasteiger partial charge >= 0.3 is 0 Å². The van der Waals surface area contributed by atoms with Crippen LogP contribution in [-0.2, 0) is 14.8 Å². The van der Waals surface area contributed by atoms with Gasteiger partial charge in [-0.15, -0.1) is 23.2 Å². The molecule has 0 bridgehead atoms. The van der Waals surface area contributed by atoms with E-state index in [2.05, 4.69) is 4.72 Å². The van der Waals surface area contributed by atoms with Crippen molar-refractivity contribution in [2.24, 2.45) is 5.41 Å². The van der Waals surface area contributed by atoms with E-state index in [9.17, 15) is 13.2 Å². The first-order valence-corrected chi connectivity index (χ1v) is 10.1. The van der Waals surface area contributed by atoms with Gasteiger partial charge in [0.05, 0.1) is 10.3 Å². The molecule has 1 heterocycles. The average molecular weight is 391 g/mol. The maximum atomic E-state index is 12.5. The summed E-state index contributed by atoms with van der Waals surface area (Å²) in [4.78, 5) is 14.5. The lowest BCUT2D eigenvalue weighted by molar-refractivity contribution is -0.137. The third-order valence-electron chi connectivity index (χ3n) is 4.89. The minimum atomic E-state index is -3.53. The van der Waals surface area contributed by atoms with E-state index >= 15 is 0 Å². The van der Waals surface area contributed by atoms with Crippen LogP contribution in [0.15, 0.2) is 35.2 Å². The van der Waals surface area contributed by atoms with Crippen LogP contribution < -0.4 is 4.72 Å². The van der Waals surface area contributed by atoms with Crippen LogP contribution in [0.25, 0.3) is 0 Å². The highest BCUT2D eigenvalue weighted by Crippen LogP contribution is 2.64. The van der Waals surface area contributed by atoms with E-state index in [0.717, 1.165) is 0 Å². The summed E-state index contributed by atoms with van der Waals surface area (Å²) in [6.07, 6.45) is 1.61. The van der Waals surface area contributed by atoms with Gasteiger partial charge in [0.1, 0.15) is 4.33 Å². The number of halogens is 2. The van der Waals surface area contributed by atoms with Crippen molar-refractivity contribution in [1.29, 1.82) is 0 Å². The average Bonchev–Trinajstić information content (AvgIpc) is 3.07. The summed E-state index contributed by atoms with van der Waals surface area (Å²) in [5.41, 5.74) is -0.716. The number of amides is 1. The van der Waals surface area contributed by atoms with Crippen LogP contribution in [0.1, 0.15) is 26.2 Å². The Labute approximate surface area is 152 Å². The molecule has 1 aromatic carbocycles. The molecule has 3 rings (SSSR count). The van der Waals surface area contributed by atoms with E-state index < -0.39 is 19.8 Å². The molecule has 5 nitrogen and oxygen atoms in total. The first kappa shape index (κ1) is 18.0. The standard InChI is InChI=1S/C16H20Cl2N2O3S/c1-15(11-16(15,17)18)14(21)20-9-7-12(8-10-20)19-24(22,23)13-5-3-2-4-6-13/h2-6,12,19H,7-11H2,1H3. The summed E-state index contributed by atoms with van der Waals surface area (Å²) in [5, 5.41) is 0. The van der Waals surface area contributed by atoms with Crippen molar-refractivity contribution >= 4 is 39.1 Å². The Morgan fingerprint density at radius 2 is 1.75 bits per heavy atom. The Hall–Kier alpha value is -0.820. The molecule has 0 spiro atoms. The topological polar surface area (TPSA) is 66.5 Å². The van der Waals surface area contributed by atoms with Gasteiger partial charge in [-0.2, -0.15) is 0 Å². The van der Waals surface area contributed by atoms with Gasteiger partial charge in [-0.3, -0.25) is 4.79 Å². The molecule has 2 aliphatic rings. The summed E-state index contributed by atoms with van der Waals surface area (Å²) in [6, 6.07) is 8.11. The van der Waals surface area contributed by atoms with Gasteiger partial charge in [0, 0.05) is 19.1 Å². The Kier molecular flexibility index (Phi) is 4.62. The molecule has 1 amide bonds. The number of hydrogen-bond donors (Lipinski definition) is 1. The summed E-state index contributed by atoms with van der Waals surface area (Å²) < 4.78 is 26.4. The number of likely N-dealkylation sites (tertiary alicyclic amines) is 1. The third-order valence-corrected chi connectivity index (χ3v) is 7.53. The molecule has 0 radical (unpaired) electrons. The number of sulfonamides is 1.